The van der Waals surface area contributed by atoms with Gasteiger partial charge in [0.1, 0.15) is 17.6 Å². The standard InChI is InChI=1S/C26H26N4O4/c31-24(19-10-7-11-20(16-19)26(33)34)30-15-14-29-17-21(25(32)28-12-5-2-6-13-28)27-23(29)22(30)18-8-3-1-4-9-18/h1,3-4,7-11,16-17,22H,2,5-6,12-15H2,(H,33,34). The zero-order valence-corrected chi connectivity index (χ0v) is 18.8. The maximum absolute atomic E-state index is 13.6. The first kappa shape index (κ1) is 21.9. The monoisotopic (exact) mass is 458 g/mol. The van der Waals surface area contributed by atoms with Gasteiger partial charge in [0.15, 0.2) is 0 Å². The zero-order chi connectivity index (χ0) is 23.7. The number of carboxylic acid groups (broad SMARTS) is 1. The van der Waals surface area contributed by atoms with Gasteiger partial charge >= 0.3 is 5.97 Å². The van der Waals surface area contributed by atoms with Crippen molar-refractivity contribution in [2.24, 2.45) is 0 Å². The Balaban J connectivity index is 1.52. The Hall–Kier alpha value is -3.94. The summed E-state index contributed by atoms with van der Waals surface area (Å²) >= 11 is 0. The molecule has 0 bridgehead atoms. The van der Waals surface area contributed by atoms with E-state index in [1.807, 2.05) is 39.8 Å². The van der Waals surface area contributed by atoms with E-state index in [0.717, 1.165) is 37.9 Å². The molecule has 3 aromatic rings. The van der Waals surface area contributed by atoms with Gasteiger partial charge in [-0.05, 0) is 43.0 Å². The first-order valence-electron chi connectivity index (χ1n) is 11.6. The highest BCUT2D eigenvalue weighted by molar-refractivity contribution is 5.98. The summed E-state index contributed by atoms with van der Waals surface area (Å²) in [5.74, 6) is -0.777. The van der Waals surface area contributed by atoms with Crippen LogP contribution in [0.2, 0.25) is 0 Å². The minimum absolute atomic E-state index is 0.0648. The van der Waals surface area contributed by atoms with Crippen molar-refractivity contribution in [2.75, 3.05) is 19.6 Å². The number of hydrogen-bond acceptors (Lipinski definition) is 4. The summed E-state index contributed by atoms with van der Waals surface area (Å²) < 4.78 is 1.96. The highest BCUT2D eigenvalue weighted by Gasteiger charge is 2.36. The van der Waals surface area contributed by atoms with Crippen LogP contribution in [0.25, 0.3) is 0 Å². The van der Waals surface area contributed by atoms with Crippen LogP contribution < -0.4 is 0 Å². The van der Waals surface area contributed by atoms with E-state index >= 15 is 0 Å². The largest absolute Gasteiger partial charge is 0.478 e. The molecule has 0 radical (unpaired) electrons. The van der Waals surface area contributed by atoms with Gasteiger partial charge in [-0.15, -0.1) is 0 Å². The molecular weight excluding hydrogens is 432 g/mol. The molecular formula is C26H26N4O4. The van der Waals surface area contributed by atoms with Gasteiger partial charge in [0.2, 0.25) is 0 Å². The number of carbonyl (C=O) groups is 3. The third kappa shape index (κ3) is 4.07. The third-order valence-electron chi connectivity index (χ3n) is 6.54. The lowest BCUT2D eigenvalue weighted by Crippen LogP contribution is -2.42. The van der Waals surface area contributed by atoms with E-state index in [-0.39, 0.29) is 17.4 Å². The van der Waals surface area contributed by atoms with E-state index < -0.39 is 12.0 Å². The summed E-state index contributed by atoms with van der Waals surface area (Å²) in [5.41, 5.74) is 1.66. The topological polar surface area (TPSA) is 95.7 Å². The number of piperidine rings is 1. The van der Waals surface area contributed by atoms with Crippen LogP contribution in [0.4, 0.5) is 0 Å². The lowest BCUT2D eigenvalue weighted by atomic mass is 10.0. The maximum Gasteiger partial charge on any atom is 0.335 e. The summed E-state index contributed by atoms with van der Waals surface area (Å²) in [4.78, 5) is 46.4. The molecule has 2 amide bonds. The molecule has 2 aliphatic rings. The molecule has 1 unspecified atom stereocenters. The van der Waals surface area contributed by atoms with Crippen molar-refractivity contribution in [3.8, 4) is 0 Å². The van der Waals surface area contributed by atoms with Crippen LogP contribution in [0.5, 0.6) is 0 Å². The highest BCUT2D eigenvalue weighted by atomic mass is 16.4. The van der Waals surface area contributed by atoms with E-state index in [1.54, 1.807) is 23.2 Å². The average molecular weight is 459 g/mol. The second kappa shape index (κ2) is 9.13. The summed E-state index contributed by atoms with van der Waals surface area (Å²) in [6, 6.07) is 15.2. The lowest BCUT2D eigenvalue weighted by Gasteiger charge is -2.36. The molecule has 2 aromatic carbocycles. The second-order valence-corrected chi connectivity index (χ2v) is 8.73. The smallest absolute Gasteiger partial charge is 0.335 e. The van der Waals surface area contributed by atoms with Crippen molar-refractivity contribution in [3.05, 3.63) is 89.0 Å². The van der Waals surface area contributed by atoms with Crippen molar-refractivity contribution in [2.45, 2.75) is 31.8 Å². The third-order valence-corrected chi connectivity index (χ3v) is 6.54. The van der Waals surface area contributed by atoms with E-state index in [0.29, 0.717) is 30.2 Å². The molecule has 1 atom stereocenters. The first-order valence-corrected chi connectivity index (χ1v) is 11.6. The summed E-state index contributed by atoms with van der Waals surface area (Å²) in [5, 5.41) is 9.35. The number of hydrogen-bond donors (Lipinski definition) is 1. The van der Waals surface area contributed by atoms with Crippen LogP contribution in [0.15, 0.2) is 60.8 Å². The molecule has 3 heterocycles. The van der Waals surface area contributed by atoms with Crippen LogP contribution in [-0.4, -0.2) is 61.9 Å². The van der Waals surface area contributed by atoms with Crippen molar-refractivity contribution in [3.63, 3.8) is 0 Å². The molecule has 1 aromatic heterocycles. The summed E-state index contributed by atoms with van der Waals surface area (Å²) in [7, 11) is 0. The van der Waals surface area contributed by atoms with E-state index in [9.17, 15) is 19.5 Å². The minimum atomic E-state index is -1.08. The number of aromatic carboxylic acids is 1. The SMILES string of the molecule is O=C(O)c1cccc(C(=O)N2CCn3cc(C(=O)N4CCCCC4)nc3C2c2ccccc2)c1. The molecule has 8 nitrogen and oxygen atoms in total. The number of nitrogens with zero attached hydrogens (tertiary/aromatic N) is 4. The van der Waals surface area contributed by atoms with Gasteiger partial charge in [-0.2, -0.15) is 0 Å². The predicted octanol–water partition coefficient (Wildman–Crippen LogP) is 3.45. The fourth-order valence-corrected chi connectivity index (χ4v) is 4.81. The van der Waals surface area contributed by atoms with Crippen molar-refractivity contribution < 1.29 is 19.5 Å². The molecule has 5 rings (SSSR count). The number of aromatic nitrogens is 2. The molecule has 8 heteroatoms. The fraction of sp³-hybridized carbons (Fsp3) is 0.308. The number of amides is 2. The molecule has 0 aliphatic carbocycles. The molecule has 0 spiro atoms. The van der Waals surface area contributed by atoms with Gasteiger partial charge in [0.05, 0.1) is 5.56 Å². The molecule has 1 N–H and O–H groups in total. The average Bonchev–Trinajstić information content (AvgIpc) is 3.32. The molecule has 2 aliphatic heterocycles. The normalized spacial score (nSPS) is 17.8. The number of carbonyl (C=O) groups excluding carboxylic acids is 2. The summed E-state index contributed by atoms with van der Waals surface area (Å²) in [6.07, 6.45) is 4.95. The van der Waals surface area contributed by atoms with Gasteiger partial charge in [-0.25, -0.2) is 9.78 Å². The number of likely N-dealkylation sites (tertiary alicyclic amines) is 1. The van der Waals surface area contributed by atoms with Crippen molar-refractivity contribution in [1.29, 1.82) is 0 Å². The Morgan fingerprint density at radius 3 is 2.29 bits per heavy atom. The fourth-order valence-electron chi connectivity index (χ4n) is 4.81. The van der Waals surface area contributed by atoms with Gasteiger partial charge in [0.25, 0.3) is 11.8 Å². The Morgan fingerprint density at radius 2 is 1.56 bits per heavy atom. The van der Waals surface area contributed by atoms with Gasteiger partial charge < -0.3 is 19.5 Å². The number of imidazole rings is 1. The molecule has 1 saturated heterocycles. The van der Waals surface area contributed by atoms with E-state index in [1.165, 1.54) is 12.1 Å². The first-order chi connectivity index (χ1) is 16.5. The Morgan fingerprint density at radius 1 is 0.824 bits per heavy atom. The van der Waals surface area contributed by atoms with Crippen LogP contribution in [0, 0.1) is 0 Å². The van der Waals surface area contributed by atoms with Crippen LogP contribution in [0.1, 0.15) is 67.9 Å². The van der Waals surface area contributed by atoms with E-state index in [4.69, 9.17) is 4.98 Å². The van der Waals surface area contributed by atoms with E-state index in [2.05, 4.69) is 0 Å². The highest BCUT2D eigenvalue weighted by Crippen LogP contribution is 2.33. The van der Waals surface area contributed by atoms with Crippen LogP contribution in [0.3, 0.4) is 0 Å². The quantitative estimate of drug-likeness (QED) is 0.646. The van der Waals surface area contributed by atoms with Gasteiger partial charge in [-0.1, -0.05) is 36.4 Å². The second-order valence-electron chi connectivity index (χ2n) is 8.73. The summed E-state index contributed by atoms with van der Waals surface area (Å²) in [6.45, 7) is 2.40. The van der Waals surface area contributed by atoms with Gasteiger partial charge in [0, 0.05) is 37.9 Å². The number of benzene rings is 2. The Bertz CT molecular complexity index is 1230. The zero-order valence-electron chi connectivity index (χ0n) is 18.8. The number of fused-ring (bicyclic) bond motifs is 1. The number of carboxylic acids is 1. The number of rotatable bonds is 4. The molecule has 174 valence electrons. The lowest BCUT2D eigenvalue weighted by molar-refractivity contribution is 0.0658. The van der Waals surface area contributed by atoms with Gasteiger partial charge in [-0.3, -0.25) is 9.59 Å². The van der Waals surface area contributed by atoms with Crippen LogP contribution >= 0.6 is 0 Å². The van der Waals surface area contributed by atoms with Crippen LogP contribution in [-0.2, 0) is 6.54 Å². The molecule has 34 heavy (non-hydrogen) atoms. The van der Waals surface area contributed by atoms with Crippen molar-refractivity contribution >= 4 is 17.8 Å². The maximum atomic E-state index is 13.6. The Kier molecular flexibility index (Phi) is 5.88. The minimum Gasteiger partial charge on any atom is -0.478 e. The molecule has 0 saturated carbocycles. The Labute approximate surface area is 197 Å². The predicted molar refractivity (Wildman–Crippen MR) is 125 cm³/mol. The molecule has 1 fully saturated rings. The van der Waals surface area contributed by atoms with Crippen molar-refractivity contribution in [1.82, 2.24) is 19.4 Å².